The number of nitrogens with zero attached hydrogens (tertiary/aromatic N) is 3. The standard InChI is InChI=1S/C13H23N3O/c1-3-16-11-14-9-12(16)10-15-7-4-5-13(2,17)6-8-15/h9,11,17H,3-8,10H2,1-2H3. The summed E-state index contributed by atoms with van der Waals surface area (Å²) in [5.74, 6) is 0. The van der Waals surface area contributed by atoms with Crippen molar-refractivity contribution < 1.29 is 5.11 Å². The molecule has 0 radical (unpaired) electrons. The minimum atomic E-state index is -0.472. The fourth-order valence-corrected chi connectivity index (χ4v) is 2.47. The van der Waals surface area contributed by atoms with Gasteiger partial charge in [-0.25, -0.2) is 4.98 Å². The van der Waals surface area contributed by atoms with E-state index in [4.69, 9.17) is 0 Å². The van der Waals surface area contributed by atoms with Gasteiger partial charge in [0.25, 0.3) is 0 Å². The molecule has 1 N–H and O–H groups in total. The molecule has 4 heteroatoms. The highest BCUT2D eigenvalue weighted by molar-refractivity contribution is 4.98. The molecular formula is C13H23N3O. The fraction of sp³-hybridized carbons (Fsp3) is 0.769. The first-order valence-electron chi connectivity index (χ1n) is 6.54. The molecule has 0 aromatic carbocycles. The molecule has 1 aromatic heterocycles. The highest BCUT2D eigenvalue weighted by Crippen LogP contribution is 2.22. The van der Waals surface area contributed by atoms with E-state index in [-0.39, 0.29) is 0 Å². The van der Waals surface area contributed by atoms with Crippen LogP contribution >= 0.6 is 0 Å². The summed E-state index contributed by atoms with van der Waals surface area (Å²) < 4.78 is 2.18. The molecule has 2 rings (SSSR count). The van der Waals surface area contributed by atoms with Crippen molar-refractivity contribution in [2.75, 3.05) is 13.1 Å². The van der Waals surface area contributed by atoms with Crippen molar-refractivity contribution in [1.82, 2.24) is 14.5 Å². The molecule has 0 aliphatic carbocycles. The Hall–Kier alpha value is -0.870. The van der Waals surface area contributed by atoms with Crippen LogP contribution in [0.3, 0.4) is 0 Å². The third kappa shape index (κ3) is 3.30. The van der Waals surface area contributed by atoms with Crippen LogP contribution in [0.2, 0.25) is 0 Å². The molecule has 96 valence electrons. The molecule has 1 aliphatic heterocycles. The number of likely N-dealkylation sites (tertiary alicyclic amines) is 1. The molecule has 1 aliphatic rings. The first-order chi connectivity index (χ1) is 8.11. The molecule has 0 bridgehead atoms. The van der Waals surface area contributed by atoms with Gasteiger partial charge in [-0.2, -0.15) is 0 Å². The van der Waals surface area contributed by atoms with Crippen LogP contribution in [-0.2, 0) is 13.1 Å². The molecule has 1 fully saturated rings. The minimum absolute atomic E-state index is 0.472. The SMILES string of the molecule is CCn1cncc1CN1CCCC(C)(O)CC1. The molecule has 0 spiro atoms. The third-order valence-corrected chi connectivity index (χ3v) is 3.68. The van der Waals surface area contributed by atoms with Crippen LogP contribution in [0.4, 0.5) is 0 Å². The quantitative estimate of drug-likeness (QED) is 0.869. The van der Waals surface area contributed by atoms with E-state index in [1.807, 2.05) is 19.4 Å². The minimum Gasteiger partial charge on any atom is -0.390 e. The number of hydrogen-bond donors (Lipinski definition) is 1. The number of aryl methyl sites for hydroxylation is 1. The van der Waals surface area contributed by atoms with Gasteiger partial charge in [0, 0.05) is 25.8 Å². The van der Waals surface area contributed by atoms with Crippen LogP contribution in [0.15, 0.2) is 12.5 Å². The summed E-state index contributed by atoms with van der Waals surface area (Å²) in [6.45, 7) is 8.06. The van der Waals surface area contributed by atoms with E-state index in [0.717, 1.165) is 45.4 Å². The summed E-state index contributed by atoms with van der Waals surface area (Å²) in [5.41, 5.74) is 0.800. The van der Waals surface area contributed by atoms with Crippen LogP contribution in [0.25, 0.3) is 0 Å². The smallest absolute Gasteiger partial charge is 0.0948 e. The van der Waals surface area contributed by atoms with Gasteiger partial charge in [0.05, 0.1) is 17.6 Å². The molecule has 17 heavy (non-hydrogen) atoms. The lowest BCUT2D eigenvalue weighted by Crippen LogP contribution is -2.28. The summed E-state index contributed by atoms with van der Waals surface area (Å²) in [6, 6.07) is 0. The number of aromatic nitrogens is 2. The van der Waals surface area contributed by atoms with Gasteiger partial charge in [-0.3, -0.25) is 4.90 Å². The van der Waals surface area contributed by atoms with Crippen molar-refractivity contribution >= 4 is 0 Å². The van der Waals surface area contributed by atoms with E-state index in [2.05, 4.69) is 21.4 Å². The molecular weight excluding hydrogens is 214 g/mol. The second-order valence-electron chi connectivity index (χ2n) is 5.30. The summed E-state index contributed by atoms with van der Waals surface area (Å²) >= 11 is 0. The Morgan fingerprint density at radius 2 is 2.24 bits per heavy atom. The Labute approximate surface area is 103 Å². The highest BCUT2D eigenvalue weighted by atomic mass is 16.3. The average Bonchev–Trinajstić information content (AvgIpc) is 2.65. The summed E-state index contributed by atoms with van der Waals surface area (Å²) in [7, 11) is 0. The zero-order valence-corrected chi connectivity index (χ0v) is 10.9. The predicted molar refractivity (Wildman–Crippen MR) is 67.7 cm³/mol. The molecule has 2 heterocycles. The van der Waals surface area contributed by atoms with E-state index < -0.39 is 5.60 Å². The first-order valence-corrected chi connectivity index (χ1v) is 6.54. The van der Waals surface area contributed by atoms with Gasteiger partial charge in [-0.15, -0.1) is 0 Å². The normalized spacial score (nSPS) is 27.0. The summed E-state index contributed by atoms with van der Waals surface area (Å²) in [4.78, 5) is 6.62. The maximum atomic E-state index is 10.1. The number of hydrogen-bond acceptors (Lipinski definition) is 3. The van der Waals surface area contributed by atoms with Crippen molar-refractivity contribution in [3.63, 3.8) is 0 Å². The van der Waals surface area contributed by atoms with Crippen LogP contribution in [0, 0.1) is 0 Å². The maximum Gasteiger partial charge on any atom is 0.0948 e. The molecule has 1 atom stereocenters. The summed E-state index contributed by atoms with van der Waals surface area (Å²) in [6.07, 6.45) is 6.70. The van der Waals surface area contributed by atoms with Crippen molar-refractivity contribution in [3.05, 3.63) is 18.2 Å². The Morgan fingerprint density at radius 3 is 3.00 bits per heavy atom. The lowest BCUT2D eigenvalue weighted by molar-refractivity contribution is 0.0443. The number of aliphatic hydroxyl groups is 1. The van der Waals surface area contributed by atoms with Crippen LogP contribution in [-0.4, -0.2) is 38.2 Å². The van der Waals surface area contributed by atoms with Gasteiger partial charge < -0.3 is 9.67 Å². The Bertz CT molecular complexity index is 359. The van der Waals surface area contributed by atoms with E-state index >= 15 is 0 Å². The molecule has 4 nitrogen and oxygen atoms in total. The van der Waals surface area contributed by atoms with Gasteiger partial charge in [0.2, 0.25) is 0 Å². The lowest BCUT2D eigenvalue weighted by Gasteiger charge is -2.22. The van der Waals surface area contributed by atoms with E-state index in [1.165, 1.54) is 5.69 Å². The van der Waals surface area contributed by atoms with Crippen molar-refractivity contribution in [1.29, 1.82) is 0 Å². The van der Waals surface area contributed by atoms with Crippen molar-refractivity contribution in [2.45, 2.75) is 51.8 Å². The molecule has 1 saturated heterocycles. The number of rotatable bonds is 3. The Morgan fingerprint density at radius 1 is 1.41 bits per heavy atom. The zero-order valence-electron chi connectivity index (χ0n) is 10.9. The van der Waals surface area contributed by atoms with Crippen LogP contribution in [0.1, 0.15) is 38.8 Å². The van der Waals surface area contributed by atoms with E-state index in [1.54, 1.807) is 0 Å². The van der Waals surface area contributed by atoms with Gasteiger partial charge >= 0.3 is 0 Å². The topological polar surface area (TPSA) is 41.3 Å². The van der Waals surface area contributed by atoms with Gasteiger partial charge in [-0.05, 0) is 39.7 Å². The van der Waals surface area contributed by atoms with Gasteiger partial charge in [0.1, 0.15) is 0 Å². The lowest BCUT2D eigenvalue weighted by atomic mass is 9.98. The second-order valence-corrected chi connectivity index (χ2v) is 5.30. The summed E-state index contributed by atoms with van der Waals surface area (Å²) in [5, 5.41) is 10.1. The van der Waals surface area contributed by atoms with Crippen molar-refractivity contribution in [3.8, 4) is 0 Å². The first kappa shape index (κ1) is 12.6. The molecule has 0 saturated carbocycles. The number of imidazole rings is 1. The van der Waals surface area contributed by atoms with Crippen LogP contribution in [0.5, 0.6) is 0 Å². The second kappa shape index (κ2) is 5.19. The largest absolute Gasteiger partial charge is 0.390 e. The Kier molecular flexibility index (Phi) is 3.84. The third-order valence-electron chi connectivity index (χ3n) is 3.68. The van der Waals surface area contributed by atoms with Crippen LogP contribution < -0.4 is 0 Å². The predicted octanol–water partition coefficient (Wildman–Crippen LogP) is 1.64. The van der Waals surface area contributed by atoms with Crippen molar-refractivity contribution in [2.24, 2.45) is 0 Å². The fourth-order valence-electron chi connectivity index (χ4n) is 2.47. The molecule has 1 aromatic rings. The van der Waals surface area contributed by atoms with E-state index in [0.29, 0.717) is 0 Å². The average molecular weight is 237 g/mol. The monoisotopic (exact) mass is 237 g/mol. The Balaban J connectivity index is 1.95. The molecule has 1 unspecified atom stereocenters. The van der Waals surface area contributed by atoms with Gasteiger partial charge in [-0.1, -0.05) is 0 Å². The highest BCUT2D eigenvalue weighted by Gasteiger charge is 2.25. The van der Waals surface area contributed by atoms with Gasteiger partial charge in [0.15, 0.2) is 0 Å². The van der Waals surface area contributed by atoms with E-state index in [9.17, 15) is 5.11 Å². The molecule has 0 amide bonds. The zero-order chi connectivity index (χ0) is 12.3. The maximum absolute atomic E-state index is 10.1.